The highest BCUT2D eigenvalue weighted by molar-refractivity contribution is 6.01. The molecule has 0 aromatic heterocycles. The van der Waals surface area contributed by atoms with Crippen LogP contribution in [0.5, 0.6) is 0 Å². The molecule has 3 aliphatic rings. The number of hydrogen-bond donors (Lipinski definition) is 1. The number of amidine groups is 1. The van der Waals surface area contributed by atoms with Gasteiger partial charge in [0.25, 0.3) is 11.9 Å². The van der Waals surface area contributed by atoms with Crippen molar-refractivity contribution in [3.63, 3.8) is 0 Å². The summed E-state index contributed by atoms with van der Waals surface area (Å²) in [6.07, 6.45) is 6.37. The highest BCUT2D eigenvalue weighted by Crippen LogP contribution is 2.61. The van der Waals surface area contributed by atoms with E-state index in [9.17, 15) is 4.79 Å². The summed E-state index contributed by atoms with van der Waals surface area (Å²) in [7, 11) is 0. The van der Waals surface area contributed by atoms with Crippen molar-refractivity contribution >= 4 is 11.9 Å². The smallest absolute Gasteiger partial charge is 0.295 e. The molecule has 1 aliphatic heterocycles. The summed E-state index contributed by atoms with van der Waals surface area (Å²) in [5, 5.41) is 0. The maximum atomic E-state index is 11.8. The minimum atomic E-state index is -0.657. The fourth-order valence-electron chi connectivity index (χ4n) is 3.33. The lowest BCUT2D eigenvalue weighted by atomic mass is 9.60. The Morgan fingerprint density at radius 1 is 1.21 bits per heavy atom. The molecule has 1 amide bonds. The highest BCUT2D eigenvalue weighted by atomic mass is 16.5. The zero-order valence-corrected chi connectivity index (χ0v) is 8.08. The first-order valence-electron chi connectivity index (χ1n) is 5.26. The molecule has 1 unspecified atom stereocenters. The van der Waals surface area contributed by atoms with Crippen molar-refractivity contribution in [3.8, 4) is 0 Å². The van der Waals surface area contributed by atoms with Gasteiger partial charge in [-0.2, -0.15) is 4.99 Å². The molecule has 0 bridgehead atoms. The second-order valence-corrected chi connectivity index (χ2v) is 4.67. The van der Waals surface area contributed by atoms with E-state index < -0.39 is 5.60 Å². The van der Waals surface area contributed by atoms with Crippen molar-refractivity contribution in [2.75, 3.05) is 0 Å². The van der Waals surface area contributed by atoms with Gasteiger partial charge in [0.05, 0.1) is 0 Å². The molecule has 0 aromatic carbocycles. The minimum Gasteiger partial charge on any atom is -0.448 e. The molecule has 4 nitrogen and oxygen atoms in total. The van der Waals surface area contributed by atoms with Crippen molar-refractivity contribution in [3.05, 3.63) is 0 Å². The molecular weight excluding hydrogens is 180 g/mol. The van der Waals surface area contributed by atoms with Crippen LogP contribution in [0.15, 0.2) is 4.99 Å². The van der Waals surface area contributed by atoms with Crippen LogP contribution in [0.4, 0.5) is 0 Å². The topological polar surface area (TPSA) is 64.7 Å². The Labute approximate surface area is 82.5 Å². The predicted molar refractivity (Wildman–Crippen MR) is 50.6 cm³/mol. The van der Waals surface area contributed by atoms with Crippen LogP contribution in [0.2, 0.25) is 0 Å². The van der Waals surface area contributed by atoms with Crippen LogP contribution < -0.4 is 5.73 Å². The molecule has 76 valence electrons. The van der Waals surface area contributed by atoms with Gasteiger partial charge in [0.15, 0.2) is 5.60 Å². The van der Waals surface area contributed by atoms with E-state index in [-0.39, 0.29) is 17.3 Å². The van der Waals surface area contributed by atoms with E-state index in [1.54, 1.807) is 0 Å². The van der Waals surface area contributed by atoms with Gasteiger partial charge in [-0.3, -0.25) is 4.79 Å². The molecule has 3 rings (SSSR count). The van der Waals surface area contributed by atoms with Crippen LogP contribution in [0, 0.1) is 5.41 Å². The van der Waals surface area contributed by atoms with E-state index in [0.717, 1.165) is 32.1 Å². The average Bonchev–Trinajstić information content (AvgIpc) is 2.54. The number of rotatable bonds is 0. The van der Waals surface area contributed by atoms with Gasteiger partial charge < -0.3 is 10.5 Å². The lowest BCUT2D eigenvalue weighted by Crippen LogP contribution is -2.53. The van der Waals surface area contributed by atoms with E-state index in [1.165, 1.54) is 6.42 Å². The maximum absolute atomic E-state index is 11.8. The number of hydrogen-bond acceptors (Lipinski definition) is 3. The first-order valence-corrected chi connectivity index (χ1v) is 5.26. The summed E-state index contributed by atoms with van der Waals surface area (Å²) in [4.78, 5) is 15.6. The molecule has 1 heterocycles. The molecule has 2 N–H and O–H groups in total. The van der Waals surface area contributed by atoms with Crippen LogP contribution in [0.25, 0.3) is 0 Å². The Bertz CT molecular complexity index is 333. The molecule has 0 aromatic rings. The Hall–Kier alpha value is -1.06. The van der Waals surface area contributed by atoms with Gasteiger partial charge in [-0.15, -0.1) is 0 Å². The standard InChI is InChI=1S/C10H14N2O2/c11-8-12-7(13)10(14-8)6-2-5-9(10)3-1-4-9/h1-6H2,(H2,11,12,13). The van der Waals surface area contributed by atoms with Crippen molar-refractivity contribution in [2.24, 2.45) is 16.1 Å². The third kappa shape index (κ3) is 0.713. The third-order valence-corrected chi connectivity index (χ3v) is 4.19. The van der Waals surface area contributed by atoms with Crippen molar-refractivity contribution in [1.82, 2.24) is 0 Å². The number of amides is 1. The number of carbonyl (C=O) groups is 1. The summed E-state index contributed by atoms with van der Waals surface area (Å²) >= 11 is 0. The van der Waals surface area contributed by atoms with Gasteiger partial charge in [-0.1, -0.05) is 6.42 Å². The number of fused-ring (bicyclic) bond motifs is 1. The quantitative estimate of drug-likeness (QED) is 0.624. The first kappa shape index (κ1) is 8.26. The molecule has 0 saturated heterocycles. The Kier molecular flexibility index (Phi) is 1.36. The van der Waals surface area contributed by atoms with Crippen molar-refractivity contribution in [2.45, 2.75) is 44.1 Å². The van der Waals surface area contributed by atoms with Crippen LogP contribution in [0.1, 0.15) is 38.5 Å². The maximum Gasteiger partial charge on any atom is 0.295 e. The summed E-state index contributed by atoms with van der Waals surface area (Å²) in [6, 6.07) is 0.0724. The second-order valence-electron chi connectivity index (χ2n) is 4.67. The number of aliphatic imine (C=N–C) groups is 1. The lowest BCUT2D eigenvalue weighted by molar-refractivity contribution is -0.148. The number of nitrogens with zero attached hydrogens (tertiary/aromatic N) is 1. The fraction of sp³-hybridized carbons (Fsp3) is 0.800. The molecule has 14 heavy (non-hydrogen) atoms. The number of ether oxygens (including phenoxy) is 1. The Morgan fingerprint density at radius 3 is 2.36 bits per heavy atom. The van der Waals surface area contributed by atoms with Crippen molar-refractivity contribution in [1.29, 1.82) is 0 Å². The largest absolute Gasteiger partial charge is 0.448 e. The van der Waals surface area contributed by atoms with Gasteiger partial charge in [-0.05, 0) is 32.1 Å². The normalized spacial score (nSPS) is 38.6. The summed E-state index contributed by atoms with van der Waals surface area (Å²) < 4.78 is 5.56. The van der Waals surface area contributed by atoms with Crippen molar-refractivity contribution < 1.29 is 9.53 Å². The van der Waals surface area contributed by atoms with E-state index >= 15 is 0 Å². The average molecular weight is 194 g/mol. The second kappa shape index (κ2) is 2.30. The van der Waals surface area contributed by atoms with E-state index in [0.29, 0.717) is 0 Å². The Balaban J connectivity index is 2.00. The highest BCUT2D eigenvalue weighted by Gasteiger charge is 2.66. The zero-order valence-electron chi connectivity index (χ0n) is 8.08. The van der Waals surface area contributed by atoms with Crippen LogP contribution in [-0.4, -0.2) is 17.5 Å². The fourth-order valence-corrected chi connectivity index (χ4v) is 3.33. The summed E-state index contributed by atoms with van der Waals surface area (Å²) in [5.41, 5.74) is 4.91. The van der Waals surface area contributed by atoms with Gasteiger partial charge in [0.1, 0.15) is 0 Å². The molecular formula is C10H14N2O2. The Morgan fingerprint density at radius 2 is 1.86 bits per heavy atom. The monoisotopic (exact) mass is 194 g/mol. The number of carbonyl (C=O) groups excluding carboxylic acids is 1. The molecule has 2 spiro atoms. The van der Waals surface area contributed by atoms with Gasteiger partial charge in [0, 0.05) is 5.41 Å². The molecule has 2 fully saturated rings. The van der Waals surface area contributed by atoms with Gasteiger partial charge in [-0.25, -0.2) is 0 Å². The predicted octanol–water partition coefficient (Wildman–Crippen LogP) is 0.951. The van der Waals surface area contributed by atoms with E-state index in [2.05, 4.69) is 4.99 Å². The number of nitrogens with two attached hydrogens (primary N) is 1. The SMILES string of the molecule is NC1=NC(=O)C2(CCCC23CCC3)O1. The summed E-state index contributed by atoms with van der Waals surface area (Å²) in [6.45, 7) is 0. The molecule has 4 heteroatoms. The van der Waals surface area contributed by atoms with Crippen LogP contribution in [-0.2, 0) is 9.53 Å². The van der Waals surface area contributed by atoms with Crippen LogP contribution >= 0.6 is 0 Å². The molecule has 2 saturated carbocycles. The minimum absolute atomic E-state index is 0.0724. The first-order chi connectivity index (χ1) is 6.69. The van der Waals surface area contributed by atoms with Gasteiger partial charge >= 0.3 is 0 Å². The van der Waals surface area contributed by atoms with E-state index in [4.69, 9.17) is 10.5 Å². The molecule has 0 radical (unpaired) electrons. The molecule has 1 atom stereocenters. The summed E-state index contributed by atoms with van der Waals surface area (Å²) in [5.74, 6) is -0.132. The lowest BCUT2D eigenvalue weighted by Gasteiger charge is -2.47. The van der Waals surface area contributed by atoms with E-state index in [1.807, 2.05) is 0 Å². The third-order valence-electron chi connectivity index (χ3n) is 4.19. The van der Waals surface area contributed by atoms with Crippen LogP contribution in [0.3, 0.4) is 0 Å². The molecule has 2 aliphatic carbocycles. The zero-order chi connectivity index (χ0) is 9.81. The van der Waals surface area contributed by atoms with Gasteiger partial charge in [0.2, 0.25) is 0 Å².